The number of rotatable bonds is 6. The summed E-state index contributed by atoms with van der Waals surface area (Å²) < 4.78 is 8.87. The molecule has 0 amide bonds. The van der Waals surface area contributed by atoms with Gasteiger partial charge >= 0.3 is 0 Å². The molecule has 0 saturated carbocycles. The highest BCUT2D eigenvalue weighted by Crippen LogP contribution is 2.64. The second-order valence-electron chi connectivity index (χ2n) is 15.2. The molecule has 9 rings (SSSR count). The van der Waals surface area contributed by atoms with Crippen molar-refractivity contribution in [3.05, 3.63) is 191 Å². The first-order valence-electron chi connectivity index (χ1n) is 19.1. The van der Waals surface area contributed by atoms with Crippen LogP contribution in [0.5, 0.6) is 0 Å². The predicted molar refractivity (Wildman–Crippen MR) is 244 cm³/mol. The van der Waals surface area contributed by atoms with Crippen molar-refractivity contribution in [2.24, 2.45) is 0 Å². The van der Waals surface area contributed by atoms with Crippen molar-refractivity contribution in [1.82, 2.24) is 0 Å². The Kier molecular flexibility index (Phi) is 9.15. The van der Waals surface area contributed by atoms with Gasteiger partial charge in [-0.3, -0.25) is 0 Å². The minimum atomic E-state index is -2.88. The number of fused-ring (bicyclic) bond motifs is 3. The molecule has 1 nitrogen and oxygen atoms in total. The molecule has 3 heterocycles. The molecule has 8 aromatic rings. The van der Waals surface area contributed by atoms with Crippen LogP contribution in [0.1, 0.15) is 33.4 Å². The van der Waals surface area contributed by atoms with Gasteiger partial charge in [0.15, 0.2) is 7.49 Å². The van der Waals surface area contributed by atoms with Gasteiger partial charge in [-0.1, -0.05) is 161 Å². The van der Waals surface area contributed by atoms with E-state index in [-0.39, 0.29) is 0 Å². The van der Waals surface area contributed by atoms with Gasteiger partial charge in [-0.05, 0) is 76.9 Å². The third kappa shape index (κ3) is 5.82. The molecule has 1 aliphatic rings. The van der Waals surface area contributed by atoms with E-state index in [0.29, 0.717) is 0 Å². The molecule has 1 aliphatic heterocycles. The lowest BCUT2D eigenvalue weighted by atomic mass is 9.26. The molecule has 55 heavy (non-hydrogen) atoms. The molecule has 0 N–H and O–H groups in total. The summed E-state index contributed by atoms with van der Waals surface area (Å²) in [5.74, 6) is 0. The lowest BCUT2D eigenvalue weighted by Crippen LogP contribution is -2.72. The van der Waals surface area contributed by atoms with E-state index in [1.807, 2.05) is 22.7 Å². The molecule has 0 saturated heterocycles. The minimum absolute atomic E-state index is 1.23. The first kappa shape index (κ1) is 35.9. The van der Waals surface area contributed by atoms with E-state index in [1.165, 1.54) is 96.3 Å². The van der Waals surface area contributed by atoms with Crippen molar-refractivity contribution in [3.63, 3.8) is 0 Å². The molecule has 0 aliphatic carbocycles. The Morgan fingerprint density at radius 1 is 0.436 bits per heavy atom. The Hall–Kier alpha value is -4.83. The molecule has 5 heteroatoms. The van der Waals surface area contributed by atoms with Gasteiger partial charge in [-0.25, -0.2) is 0 Å². The van der Waals surface area contributed by atoms with Gasteiger partial charge in [0, 0.05) is 20.7 Å². The average Bonchev–Trinajstić information content (AvgIpc) is 3.82. The molecular weight excluding hydrogens is 722 g/mol. The molecule has 0 radical (unpaired) electrons. The molecule has 270 valence electrons. The van der Waals surface area contributed by atoms with Crippen LogP contribution in [0, 0.1) is 41.5 Å². The average molecular weight is 767 g/mol. The van der Waals surface area contributed by atoms with Crippen LogP contribution < -0.4 is 32.3 Å². The van der Waals surface area contributed by atoms with Crippen molar-refractivity contribution in [2.75, 3.05) is 0 Å². The maximum absolute atomic E-state index is 8.87. The molecular formula is C50H44BOPS2. The van der Waals surface area contributed by atoms with Gasteiger partial charge in [-0.2, -0.15) is 10.9 Å². The molecule has 0 unspecified atom stereocenters. The monoisotopic (exact) mass is 766 g/mol. The zero-order chi connectivity index (χ0) is 37.9. The van der Waals surface area contributed by atoms with E-state index < -0.39 is 13.8 Å². The van der Waals surface area contributed by atoms with Crippen molar-refractivity contribution < 1.29 is 4.44 Å². The maximum Gasteiger partial charge on any atom is 0.249 e. The summed E-state index contributed by atoms with van der Waals surface area (Å²) >= 11 is 3.85. The molecule has 0 spiro atoms. The van der Waals surface area contributed by atoms with Gasteiger partial charge in [0.1, 0.15) is 15.9 Å². The summed E-state index contributed by atoms with van der Waals surface area (Å²) in [6.45, 7) is 13.7. The van der Waals surface area contributed by atoms with Crippen LogP contribution in [0.2, 0.25) is 0 Å². The van der Waals surface area contributed by atoms with E-state index >= 15 is 0 Å². The van der Waals surface area contributed by atoms with Crippen LogP contribution >= 0.6 is 30.2 Å². The zero-order valence-electron chi connectivity index (χ0n) is 32.3. The van der Waals surface area contributed by atoms with Crippen LogP contribution in [0.4, 0.5) is 0 Å². The van der Waals surface area contributed by atoms with Gasteiger partial charge in [0.2, 0.25) is 6.35 Å². The van der Waals surface area contributed by atoms with Crippen LogP contribution in [0.3, 0.4) is 0 Å². The highest BCUT2D eigenvalue weighted by atomic mass is 32.1. The topological polar surface area (TPSA) is 9.23 Å². The highest BCUT2D eigenvalue weighted by molar-refractivity contribution is 7.93. The predicted octanol–water partition coefficient (Wildman–Crippen LogP) is 10.9. The molecule has 2 aromatic heterocycles. The minimum Gasteiger partial charge on any atom is -0.413 e. The summed E-state index contributed by atoms with van der Waals surface area (Å²) in [5.41, 5.74) is 14.0. The van der Waals surface area contributed by atoms with E-state index in [0.717, 1.165) is 0 Å². The standard InChI is InChI=1S/C50H44BOPS2/c1-33-27-35(3)47(36(4)28-33)51(48-37(5)29-34(2)30-38(48)6)43-31-45(39-19-11-7-12-20-39)54-49(43)50-44(32-46(55-50)40-21-13-8-14-22-40)53(52-51,41-23-15-9-16-24-41)42-25-17-10-18-26-42/h7-32H,1-6H3. The fourth-order valence-electron chi connectivity index (χ4n) is 9.55. The Balaban J connectivity index is 1.55. The van der Waals surface area contributed by atoms with E-state index in [2.05, 4.69) is 199 Å². The lowest BCUT2D eigenvalue weighted by molar-refractivity contribution is 0.647. The van der Waals surface area contributed by atoms with Crippen molar-refractivity contribution in [1.29, 1.82) is 0 Å². The number of hydrogen-bond acceptors (Lipinski definition) is 3. The maximum atomic E-state index is 8.87. The van der Waals surface area contributed by atoms with Crippen molar-refractivity contribution in [3.8, 4) is 30.6 Å². The van der Waals surface area contributed by atoms with Crippen LogP contribution in [-0.4, -0.2) is 6.35 Å². The second kappa shape index (κ2) is 14.0. The molecule has 6 aromatic carbocycles. The van der Waals surface area contributed by atoms with Gasteiger partial charge in [0.05, 0.1) is 4.88 Å². The van der Waals surface area contributed by atoms with Gasteiger partial charge < -0.3 is 4.44 Å². The Bertz CT molecular complexity index is 2540. The fourth-order valence-corrected chi connectivity index (χ4v) is 16.6. The van der Waals surface area contributed by atoms with Gasteiger partial charge in [-0.15, -0.1) is 28.1 Å². The van der Waals surface area contributed by atoms with Crippen LogP contribution in [0.25, 0.3) is 30.6 Å². The summed E-state index contributed by atoms with van der Waals surface area (Å²) in [6, 6.07) is 58.7. The van der Waals surface area contributed by atoms with Crippen LogP contribution in [-0.2, 0) is 4.44 Å². The number of aryl methyl sites for hydroxylation is 6. The quantitative estimate of drug-likeness (QED) is 0.121. The molecule has 0 fully saturated rings. The number of thiophene rings is 2. The SMILES string of the molecule is Cc1cc(C)c([B-]2(c3c(C)cc(C)cc3C)O[P+](c3ccccc3)(c3ccccc3)c3cc(-c4ccccc4)sc3-c3sc(-c4ccccc4)cc32)c(C)c1. The molecule has 0 bridgehead atoms. The third-order valence-electron chi connectivity index (χ3n) is 11.4. The summed E-state index contributed by atoms with van der Waals surface area (Å²) in [6.07, 6.45) is -2.08. The molecule has 0 atom stereocenters. The third-order valence-corrected chi connectivity index (χ3v) is 17.8. The van der Waals surface area contributed by atoms with Crippen molar-refractivity contribution in [2.45, 2.75) is 41.5 Å². The highest BCUT2D eigenvalue weighted by Gasteiger charge is 2.57. The second-order valence-corrected chi connectivity index (χ2v) is 20.3. The van der Waals surface area contributed by atoms with E-state index in [4.69, 9.17) is 4.44 Å². The largest absolute Gasteiger partial charge is 0.413 e. The lowest BCUT2D eigenvalue weighted by Gasteiger charge is -2.48. The van der Waals surface area contributed by atoms with E-state index in [9.17, 15) is 0 Å². The normalized spacial score (nSPS) is 14.2. The zero-order valence-corrected chi connectivity index (χ0v) is 34.8. The number of hydrogen-bond donors (Lipinski definition) is 0. The fraction of sp³-hybridized carbons (Fsp3) is 0.120. The van der Waals surface area contributed by atoms with Gasteiger partial charge in [0.25, 0.3) is 0 Å². The van der Waals surface area contributed by atoms with Crippen molar-refractivity contribution >= 4 is 68.8 Å². The Morgan fingerprint density at radius 2 is 0.818 bits per heavy atom. The van der Waals surface area contributed by atoms with Crippen LogP contribution in [0.15, 0.2) is 158 Å². The Labute approximate surface area is 334 Å². The first-order chi connectivity index (χ1) is 26.7. The summed E-state index contributed by atoms with van der Waals surface area (Å²) in [5, 5.41) is 3.76. The van der Waals surface area contributed by atoms with E-state index in [1.54, 1.807) is 0 Å². The first-order valence-corrected chi connectivity index (χ1v) is 22.5. The smallest absolute Gasteiger partial charge is 0.249 e. The number of benzene rings is 6. The summed E-state index contributed by atoms with van der Waals surface area (Å²) in [7, 11) is -2.88. The summed E-state index contributed by atoms with van der Waals surface area (Å²) in [4.78, 5) is 5.15. The Morgan fingerprint density at radius 3 is 1.25 bits per heavy atom.